The molecule has 30 heavy (non-hydrogen) atoms. The lowest BCUT2D eigenvalue weighted by atomic mass is 10.1. The Labute approximate surface area is 178 Å². The zero-order valence-electron chi connectivity index (χ0n) is 17.7. The predicted molar refractivity (Wildman–Crippen MR) is 119 cm³/mol. The molecule has 2 aromatic rings. The van der Waals surface area contributed by atoms with Gasteiger partial charge in [-0.15, -0.1) is 0 Å². The molecule has 0 saturated carbocycles. The Kier molecular flexibility index (Phi) is 6.87. The summed E-state index contributed by atoms with van der Waals surface area (Å²) >= 11 is 0. The number of rotatable bonds is 6. The summed E-state index contributed by atoms with van der Waals surface area (Å²) in [5.74, 6) is 1.00. The van der Waals surface area contributed by atoms with Gasteiger partial charge in [-0.25, -0.2) is 0 Å². The van der Waals surface area contributed by atoms with Gasteiger partial charge in [0, 0.05) is 26.2 Å². The number of nitrogens with zero attached hydrogens (tertiary/aromatic N) is 2. The topological polar surface area (TPSA) is 54.0 Å². The highest BCUT2D eigenvalue weighted by Crippen LogP contribution is 2.27. The van der Waals surface area contributed by atoms with Crippen LogP contribution in [0, 0.1) is 6.92 Å². The van der Waals surface area contributed by atoms with Gasteiger partial charge < -0.3 is 19.7 Å². The van der Waals surface area contributed by atoms with Gasteiger partial charge in [-0.3, -0.25) is 9.69 Å². The summed E-state index contributed by atoms with van der Waals surface area (Å²) in [6.07, 6.45) is 2.09. The molecule has 0 spiro atoms. The summed E-state index contributed by atoms with van der Waals surface area (Å²) in [5, 5.41) is 3.12. The number of amides is 1. The Bertz CT molecular complexity index is 843. The number of piperidine rings is 1. The van der Waals surface area contributed by atoms with Crippen LogP contribution in [-0.4, -0.2) is 62.8 Å². The molecule has 0 aromatic heterocycles. The van der Waals surface area contributed by atoms with E-state index in [1.165, 1.54) is 5.56 Å². The van der Waals surface area contributed by atoms with Crippen molar-refractivity contribution in [2.45, 2.75) is 25.9 Å². The van der Waals surface area contributed by atoms with Crippen LogP contribution in [0.4, 0.5) is 11.4 Å². The van der Waals surface area contributed by atoms with Crippen molar-refractivity contribution in [2.75, 3.05) is 56.2 Å². The Morgan fingerprint density at radius 2 is 1.73 bits per heavy atom. The second-order valence-electron chi connectivity index (χ2n) is 8.02. The van der Waals surface area contributed by atoms with E-state index in [9.17, 15) is 4.79 Å². The number of morpholine rings is 1. The van der Waals surface area contributed by atoms with Gasteiger partial charge in [0.1, 0.15) is 11.9 Å². The van der Waals surface area contributed by atoms with E-state index >= 15 is 0 Å². The molecule has 2 heterocycles. The third-order valence-electron chi connectivity index (χ3n) is 5.82. The number of nitrogens with one attached hydrogen (secondary N) is 1. The van der Waals surface area contributed by atoms with Crippen molar-refractivity contribution in [3.63, 3.8) is 0 Å². The number of carbonyl (C=O) groups is 1. The Morgan fingerprint density at radius 3 is 2.50 bits per heavy atom. The van der Waals surface area contributed by atoms with Crippen molar-refractivity contribution in [1.29, 1.82) is 0 Å². The molecule has 0 radical (unpaired) electrons. The third kappa shape index (κ3) is 5.32. The van der Waals surface area contributed by atoms with Crippen LogP contribution in [0.25, 0.3) is 0 Å². The minimum absolute atomic E-state index is 0.0361. The van der Waals surface area contributed by atoms with E-state index < -0.39 is 0 Å². The lowest BCUT2D eigenvalue weighted by Gasteiger charge is -2.32. The summed E-state index contributed by atoms with van der Waals surface area (Å²) in [5.41, 5.74) is 3.11. The molecule has 0 atom stereocenters. The molecule has 2 saturated heterocycles. The number of hydrogen-bond donors (Lipinski definition) is 1. The quantitative estimate of drug-likeness (QED) is 0.793. The minimum Gasteiger partial charge on any atom is -0.490 e. The van der Waals surface area contributed by atoms with Crippen molar-refractivity contribution >= 4 is 17.3 Å². The highest BCUT2D eigenvalue weighted by Gasteiger charge is 2.23. The van der Waals surface area contributed by atoms with Crippen molar-refractivity contribution in [3.05, 3.63) is 54.1 Å². The van der Waals surface area contributed by atoms with E-state index in [0.717, 1.165) is 69.4 Å². The lowest BCUT2D eigenvalue weighted by molar-refractivity contribution is -0.117. The van der Waals surface area contributed by atoms with Crippen LogP contribution >= 0.6 is 0 Å². The number of aryl methyl sites for hydroxylation is 1. The highest BCUT2D eigenvalue weighted by molar-refractivity contribution is 5.95. The number of benzene rings is 2. The van der Waals surface area contributed by atoms with E-state index in [-0.39, 0.29) is 12.0 Å². The monoisotopic (exact) mass is 409 g/mol. The molecule has 160 valence electrons. The van der Waals surface area contributed by atoms with Crippen molar-refractivity contribution in [3.8, 4) is 5.75 Å². The normalized spacial score (nSPS) is 18.2. The maximum atomic E-state index is 12.7. The summed E-state index contributed by atoms with van der Waals surface area (Å²) < 4.78 is 11.6. The molecule has 2 fully saturated rings. The number of para-hydroxylation sites is 3. The first kappa shape index (κ1) is 20.7. The predicted octanol–water partition coefficient (Wildman–Crippen LogP) is 3.31. The summed E-state index contributed by atoms with van der Waals surface area (Å²) in [6, 6.07) is 16.2. The molecular weight excluding hydrogens is 378 g/mol. The molecule has 1 N–H and O–H groups in total. The van der Waals surface area contributed by atoms with E-state index in [2.05, 4.69) is 34.2 Å². The zero-order valence-corrected chi connectivity index (χ0v) is 17.7. The fraction of sp³-hybridized carbons (Fsp3) is 0.458. The van der Waals surface area contributed by atoms with Crippen molar-refractivity contribution in [1.82, 2.24) is 4.90 Å². The largest absolute Gasteiger partial charge is 0.490 e. The van der Waals surface area contributed by atoms with Crippen molar-refractivity contribution in [2.24, 2.45) is 0 Å². The number of ether oxygens (including phenoxy) is 2. The Morgan fingerprint density at radius 1 is 1.03 bits per heavy atom. The second kappa shape index (κ2) is 9.96. The number of carbonyl (C=O) groups excluding carboxylic acids is 1. The fourth-order valence-electron chi connectivity index (χ4n) is 4.11. The second-order valence-corrected chi connectivity index (χ2v) is 8.02. The third-order valence-corrected chi connectivity index (χ3v) is 5.82. The maximum absolute atomic E-state index is 12.7. The van der Waals surface area contributed by atoms with Crippen LogP contribution in [-0.2, 0) is 9.53 Å². The lowest BCUT2D eigenvalue weighted by Crippen LogP contribution is -2.42. The van der Waals surface area contributed by atoms with Gasteiger partial charge in [-0.2, -0.15) is 0 Å². The SMILES string of the molecule is Cc1ccccc1OC1CCN(CC(=O)Nc2ccccc2N2CCOCC2)CC1. The van der Waals surface area contributed by atoms with Gasteiger partial charge in [-0.1, -0.05) is 30.3 Å². The van der Waals surface area contributed by atoms with E-state index in [1.807, 2.05) is 36.4 Å². The molecule has 1 amide bonds. The zero-order chi connectivity index (χ0) is 20.8. The average Bonchev–Trinajstić information content (AvgIpc) is 2.78. The molecule has 0 bridgehead atoms. The molecular formula is C24H31N3O3. The van der Waals surface area contributed by atoms with Gasteiger partial charge >= 0.3 is 0 Å². The number of hydrogen-bond acceptors (Lipinski definition) is 5. The molecule has 0 aliphatic carbocycles. The number of likely N-dealkylation sites (tertiary alicyclic amines) is 1. The standard InChI is InChI=1S/C24H31N3O3/c1-19-6-2-5-9-23(19)30-20-10-12-26(13-11-20)18-24(28)25-21-7-3-4-8-22(21)27-14-16-29-17-15-27/h2-9,20H,10-18H2,1H3,(H,25,28). The fourth-order valence-corrected chi connectivity index (χ4v) is 4.11. The Balaban J connectivity index is 1.27. The van der Waals surface area contributed by atoms with Crippen LogP contribution in [0.3, 0.4) is 0 Å². The van der Waals surface area contributed by atoms with Gasteiger partial charge in [0.15, 0.2) is 0 Å². The number of anilines is 2. The van der Waals surface area contributed by atoms with Crippen molar-refractivity contribution < 1.29 is 14.3 Å². The maximum Gasteiger partial charge on any atom is 0.238 e. The molecule has 4 rings (SSSR count). The van der Waals surface area contributed by atoms with E-state index in [0.29, 0.717) is 6.54 Å². The smallest absolute Gasteiger partial charge is 0.238 e. The van der Waals surface area contributed by atoms with Crippen LogP contribution in [0.1, 0.15) is 18.4 Å². The summed E-state index contributed by atoms with van der Waals surface area (Å²) in [6.45, 7) is 7.37. The van der Waals surface area contributed by atoms with Gasteiger partial charge in [-0.05, 0) is 43.5 Å². The summed E-state index contributed by atoms with van der Waals surface area (Å²) in [7, 11) is 0. The van der Waals surface area contributed by atoms with E-state index in [4.69, 9.17) is 9.47 Å². The first-order valence-corrected chi connectivity index (χ1v) is 10.9. The molecule has 0 unspecified atom stereocenters. The average molecular weight is 410 g/mol. The van der Waals surface area contributed by atoms with Crippen LogP contribution in [0.5, 0.6) is 5.75 Å². The minimum atomic E-state index is 0.0361. The van der Waals surface area contributed by atoms with Crippen LogP contribution in [0.2, 0.25) is 0 Å². The molecule has 2 aliphatic rings. The molecule has 2 aromatic carbocycles. The highest BCUT2D eigenvalue weighted by atomic mass is 16.5. The van der Waals surface area contributed by atoms with Gasteiger partial charge in [0.25, 0.3) is 0 Å². The van der Waals surface area contributed by atoms with Crippen LogP contribution in [0.15, 0.2) is 48.5 Å². The first-order valence-electron chi connectivity index (χ1n) is 10.9. The molecule has 2 aliphatic heterocycles. The van der Waals surface area contributed by atoms with Gasteiger partial charge in [0.05, 0.1) is 31.1 Å². The summed E-state index contributed by atoms with van der Waals surface area (Å²) in [4.78, 5) is 17.2. The van der Waals surface area contributed by atoms with E-state index in [1.54, 1.807) is 0 Å². The Hall–Kier alpha value is -2.57. The molecule has 6 nitrogen and oxygen atoms in total. The molecule has 6 heteroatoms. The first-order chi connectivity index (χ1) is 14.7. The van der Waals surface area contributed by atoms with Crippen LogP contribution < -0.4 is 15.0 Å². The van der Waals surface area contributed by atoms with Gasteiger partial charge in [0.2, 0.25) is 5.91 Å².